The second-order valence-electron chi connectivity index (χ2n) is 5.02. The van der Waals surface area contributed by atoms with Gasteiger partial charge < -0.3 is 9.64 Å². The average Bonchev–Trinajstić information content (AvgIpc) is 2.37. The Labute approximate surface area is 114 Å². The fourth-order valence-corrected chi connectivity index (χ4v) is 2.35. The van der Waals surface area contributed by atoms with Crippen LogP contribution in [-0.4, -0.2) is 35.5 Å². The lowest BCUT2D eigenvalue weighted by Crippen LogP contribution is -2.37. The van der Waals surface area contributed by atoms with Crippen molar-refractivity contribution < 1.29 is 9.53 Å². The van der Waals surface area contributed by atoms with E-state index in [-0.39, 0.29) is 12.5 Å². The number of ether oxygens (including phenoxy) is 1. The molecule has 1 fully saturated rings. The molecule has 4 nitrogen and oxygen atoms in total. The smallest absolute Gasteiger partial charge is 0.260 e. The van der Waals surface area contributed by atoms with Gasteiger partial charge in [0.05, 0.1) is 5.69 Å². The van der Waals surface area contributed by atoms with Crippen molar-refractivity contribution in [2.45, 2.75) is 39.0 Å². The molecule has 1 saturated heterocycles. The lowest BCUT2D eigenvalue weighted by molar-refractivity contribution is -0.133. The predicted molar refractivity (Wildman–Crippen MR) is 74.1 cm³/mol. The first-order valence-electron chi connectivity index (χ1n) is 7.09. The zero-order valence-electron chi connectivity index (χ0n) is 11.6. The zero-order valence-corrected chi connectivity index (χ0v) is 11.6. The van der Waals surface area contributed by atoms with Crippen molar-refractivity contribution >= 4 is 5.91 Å². The number of hydrogen-bond donors (Lipinski definition) is 0. The highest BCUT2D eigenvalue weighted by Gasteiger charge is 2.15. The summed E-state index contributed by atoms with van der Waals surface area (Å²) >= 11 is 0. The van der Waals surface area contributed by atoms with Gasteiger partial charge in [-0.25, -0.2) is 0 Å². The molecule has 0 aliphatic carbocycles. The lowest BCUT2D eigenvalue weighted by Gasteiger charge is -2.24. The Kier molecular flexibility index (Phi) is 5.19. The molecule has 0 atom stereocenters. The van der Waals surface area contributed by atoms with Crippen LogP contribution in [0.2, 0.25) is 0 Å². The normalized spacial score (nSPS) is 16.6. The van der Waals surface area contributed by atoms with Gasteiger partial charge in [-0.1, -0.05) is 19.3 Å². The number of nitrogens with zero attached hydrogens (tertiary/aromatic N) is 2. The van der Waals surface area contributed by atoms with Crippen LogP contribution < -0.4 is 4.74 Å². The molecule has 4 heteroatoms. The molecule has 0 bridgehead atoms. The molecule has 0 saturated carbocycles. The fourth-order valence-electron chi connectivity index (χ4n) is 2.35. The Morgan fingerprint density at radius 2 is 1.95 bits per heavy atom. The van der Waals surface area contributed by atoms with Crippen molar-refractivity contribution in [3.05, 3.63) is 24.0 Å². The molecular weight excluding hydrogens is 240 g/mol. The summed E-state index contributed by atoms with van der Waals surface area (Å²) in [6.07, 6.45) is 7.70. The molecule has 0 aromatic carbocycles. The van der Waals surface area contributed by atoms with Crippen molar-refractivity contribution in [2.24, 2.45) is 0 Å². The van der Waals surface area contributed by atoms with Gasteiger partial charge in [-0.2, -0.15) is 0 Å². The first-order chi connectivity index (χ1) is 9.27. The Morgan fingerprint density at radius 1 is 1.26 bits per heavy atom. The fraction of sp³-hybridized carbons (Fsp3) is 0.600. The molecular formula is C15H22N2O2. The third kappa shape index (κ3) is 4.23. The minimum Gasteiger partial charge on any atom is -0.482 e. The van der Waals surface area contributed by atoms with E-state index in [0.717, 1.165) is 31.6 Å². The largest absolute Gasteiger partial charge is 0.482 e. The van der Waals surface area contributed by atoms with Crippen molar-refractivity contribution in [1.82, 2.24) is 9.88 Å². The molecule has 2 rings (SSSR count). The minimum atomic E-state index is 0.0881. The highest BCUT2D eigenvalue weighted by atomic mass is 16.5. The molecule has 0 N–H and O–H groups in total. The summed E-state index contributed by atoms with van der Waals surface area (Å²) < 4.78 is 5.57. The van der Waals surface area contributed by atoms with Crippen molar-refractivity contribution in [1.29, 1.82) is 0 Å². The Morgan fingerprint density at radius 3 is 2.63 bits per heavy atom. The molecule has 104 valence electrons. The number of carbonyl (C=O) groups excluding carboxylic acids is 1. The predicted octanol–water partition coefficient (Wildman–Crippen LogP) is 2.56. The van der Waals surface area contributed by atoms with Crippen LogP contribution in [0.25, 0.3) is 0 Å². The summed E-state index contributed by atoms with van der Waals surface area (Å²) in [6, 6.07) is 3.67. The monoisotopic (exact) mass is 262 g/mol. The number of aryl methyl sites for hydroxylation is 1. The number of aromatic nitrogens is 1. The molecule has 1 aromatic rings. The maximum Gasteiger partial charge on any atom is 0.260 e. The molecule has 2 heterocycles. The summed E-state index contributed by atoms with van der Waals surface area (Å²) in [7, 11) is 0. The van der Waals surface area contributed by atoms with E-state index >= 15 is 0 Å². The summed E-state index contributed by atoms with van der Waals surface area (Å²) in [5.41, 5.74) is 0.822. The summed E-state index contributed by atoms with van der Waals surface area (Å²) in [5.74, 6) is 0.785. The van der Waals surface area contributed by atoms with Gasteiger partial charge in [-0.05, 0) is 31.9 Å². The van der Waals surface area contributed by atoms with Crippen molar-refractivity contribution in [3.8, 4) is 5.75 Å². The molecule has 1 aliphatic heterocycles. The van der Waals surface area contributed by atoms with Gasteiger partial charge in [-0.15, -0.1) is 0 Å². The van der Waals surface area contributed by atoms with E-state index in [0.29, 0.717) is 5.75 Å². The second kappa shape index (κ2) is 7.12. The van der Waals surface area contributed by atoms with E-state index in [2.05, 4.69) is 4.98 Å². The SMILES string of the molecule is Cc1ncccc1OCC(=O)N1CCCCCCC1. The van der Waals surface area contributed by atoms with Crippen LogP contribution in [0.4, 0.5) is 0 Å². The van der Waals surface area contributed by atoms with E-state index in [4.69, 9.17) is 4.74 Å². The molecule has 1 aromatic heterocycles. The second-order valence-corrected chi connectivity index (χ2v) is 5.02. The van der Waals surface area contributed by atoms with Crippen LogP contribution in [0.1, 0.15) is 37.8 Å². The van der Waals surface area contributed by atoms with E-state index in [1.807, 2.05) is 24.0 Å². The average molecular weight is 262 g/mol. The number of rotatable bonds is 3. The number of likely N-dealkylation sites (tertiary alicyclic amines) is 1. The van der Waals surface area contributed by atoms with Crippen molar-refractivity contribution in [3.63, 3.8) is 0 Å². The van der Waals surface area contributed by atoms with Crippen LogP contribution in [0.3, 0.4) is 0 Å². The first kappa shape index (κ1) is 13.8. The summed E-state index contributed by atoms with van der Waals surface area (Å²) in [5, 5.41) is 0. The third-order valence-electron chi connectivity index (χ3n) is 3.52. The van der Waals surface area contributed by atoms with Gasteiger partial charge in [0, 0.05) is 19.3 Å². The van der Waals surface area contributed by atoms with E-state index in [1.54, 1.807) is 6.20 Å². The van der Waals surface area contributed by atoms with Gasteiger partial charge in [0.25, 0.3) is 5.91 Å². The van der Waals surface area contributed by atoms with Gasteiger partial charge in [0.2, 0.25) is 0 Å². The van der Waals surface area contributed by atoms with Crippen LogP contribution in [0.5, 0.6) is 5.75 Å². The van der Waals surface area contributed by atoms with Gasteiger partial charge >= 0.3 is 0 Å². The molecule has 1 amide bonds. The highest BCUT2D eigenvalue weighted by molar-refractivity contribution is 5.77. The third-order valence-corrected chi connectivity index (χ3v) is 3.52. The Hall–Kier alpha value is -1.58. The van der Waals surface area contributed by atoms with E-state index in [1.165, 1.54) is 19.3 Å². The van der Waals surface area contributed by atoms with E-state index < -0.39 is 0 Å². The van der Waals surface area contributed by atoms with Crippen LogP contribution in [-0.2, 0) is 4.79 Å². The number of amides is 1. The number of pyridine rings is 1. The Balaban J connectivity index is 1.84. The number of hydrogen-bond acceptors (Lipinski definition) is 3. The maximum atomic E-state index is 12.1. The Bertz CT molecular complexity index is 412. The zero-order chi connectivity index (χ0) is 13.5. The quantitative estimate of drug-likeness (QED) is 0.840. The summed E-state index contributed by atoms with van der Waals surface area (Å²) in [4.78, 5) is 18.2. The lowest BCUT2D eigenvalue weighted by atomic mass is 10.1. The molecule has 0 unspecified atom stereocenters. The van der Waals surface area contributed by atoms with Gasteiger partial charge in [-0.3, -0.25) is 9.78 Å². The summed E-state index contributed by atoms with van der Waals surface area (Å²) in [6.45, 7) is 3.74. The van der Waals surface area contributed by atoms with Crippen LogP contribution in [0.15, 0.2) is 18.3 Å². The maximum absolute atomic E-state index is 12.1. The number of carbonyl (C=O) groups is 1. The van der Waals surface area contributed by atoms with Crippen molar-refractivity contribution in [2.75, 3.05) is 19.7 Å². The highest BCUT2D eigenvalue weighted by Crippen LogP contribution is 2.14. The topological polar surface area (TPSA) is 42.4 Å². The van der Waals surface area contributed by atoms with Gasteiger partial charge in [0.1, 0.15) is 5.75 Å². The molecule has 0 radical (unpaired) electrons. The minimum absolute atomic E-state index is 0.0881. The molecule has 1 aliphatic rings. The van der Waals surface area contributed by atoms with E-state index in [9.17, 15) is 4.79 Å². The molecule has 0 spiro atoms. The standard InChI is InChI=1S/C15H22N2O2/c1-13-14(8-7-9-16-13)19-12-15(18)17-10-5-3-2-4-6-11-17/h7-9H,2-6,10-12H2,1H3. The first-order valence-corrected chi connectivity index (χ1v) is 7.09. The molecule has 19 heavy (non-hydrogen) atoms. The van der Waals surface area contributed by atoms with Gasteiger partial charge in [0.15, 0.2) is 6.61 Å². The van der Waals surface area contributed by atoms with Crippen LogP contribution >= 0.6 is 0 Å². The van der Waals surface area contributed by atoms with Crippen LogP contribution in [0, 0.1) is 6.92 Å².